The van der Waals surface area contributed by atoms with E-state index in [4.69, 9.17) is 11.6 Å². The first-order valence-corrected chi connectivity index (χ1v) is 8.74. The van der Waals surface area contributed by atoms with Crippen molar-refractivity contribution in [2.24, 2.45) is 0 Å². The highest BCUT2D eigenvalue weighted by Crippen LogP contribution is 2.36. The van der Waals surface area contributed by atoms with Crippen LogP contribution in [0.2, 0.25) is 5.02 Å². The van der Waals surface area contributed by atoms with Crippen LogP contribution < -0.4 is 5.32 Å². The molecular formula is C17H9ClF3N3O3S. The molecule has 0 radical (unpaired) electrons. The molecule has 0 fully saturated rings. The van der Waals surface area contributed by atoms with E-state index in [0.717, 1.165) is 23.7 Å². The molecule has 0 atom stereocenters. The summed E-state index contributed by atoms with van der Waals surface area (Å²) in [6, 6.07) is 6.45. The number of carboxylic acid groups (broad SMARTS) is 1. The first-order chi connectivity index (χ1) is 13.2. The van der Waals surface area contributed by atoms with Gasteiger partial charge in [0, 0.05) is 28.4 Å². The number of aromatic nitrogens is 2. The first kappa shape index (κ1) is 19.8. The predicted octanol–water partition coefficient (Wildman–Crippen LogP) is 4.83. The highest BCUT2D eigenvalue weighted by atomic mass is 35.5. The third kappa shape index (κ3) is 4.12. The van der Waals surface area contributed by atoms with E-state index in [2.05, 4.69) is 15.3 Å². The number of aromatic carboxylic acids is 1. The Morgan fingerprint density at radius 2 is 1.71 bits per heavy atom. The number of hydrogen-bond acceptors (Lipinski definition) is 5. The average molecular weight is 428 g/mol. The van der Waals surface area contributed by atoms with Gasteiger partial charge in [-0.15, -0.1) is 11.3 Å². The van der Waals surface area contributed by atoms with Crippen molar-refractivity contribution >= 4 is 39.8 Å². The summed E-state index contributed by atoms with van der Waals surface area (Å²) in [5.41, 5.74) is 0.559. The molecule has 28 heavy (non-hydrogen) atoms. The molecule has 0 spiro atoms. The SMILES string of the molecule is O=C(Nc1scc(-c2ccc(Cl)cc2)c1C(=O)O)c1cnc(C(F)(F)F)nc1. The van der Waals surface area contributed by atoms with Crippen molar-refractivity contribution in [1.82, 2.24) is 9.97 Å². The first-order valence-electron chi connectivity index (χ1n) is 7.48. The zero-order valence-electron chi connectivity index (χ0n) is 13.6. The summed E-state index contributed by atoms with van der Waals surface area (Å²) < 4.78 is 37.5. The van der Waals surface area contributed by atoms with Gasteiger partial charge in [-0.1, -0.05) is 23.7 Å². The molecule has 0 aliphatic heterocycles. The molecule has 2 aromatic heterocycles. The highest BCUT2D eigenvalue weighted by Gasteiger charge is 2.34. The number of alkyl halides is 3. The lowest BCUT2D eigenvalue weighted by molar-refractivity contribution is -0.145. The average Bonchev–Trinajstić information content (AvgIpc) is 3.05. The Hall–Kier alpha value is -2.98. The Balaban J connectivity index is 1.89. The third-order valence-corrected chi connectivity index (χ3v) is 4.70. The van der Waals surface area contributed by atoms with E-state index in [0.29, 0.717) is 16.1 Å². The number of carbonyl (C=O) groups excluding carboxylic acids is 1. The van der Waals surface area contributed by atoms with E-state index in [1.807, 2.05) is 0 Å². The van der Waals surface area contributed by atoms with Crippen molar-refractivity contribution < 1.29 is 27.9 Å². The number of rotatable bonds is 4. The number of thiophene rings is 1. The maximum Gasteiger partial charge on any atom is 0.451 e. The molecule has 6 nitrogen and oxygen atoms in total. The molecule has 0 bridgehead atoms. The second-order valence-corrected chi connectivity index (χ2v) is 6.73. The number of hydrogen-bond donors (Lipinski definition) is 2. The Morgan fingerprint density at radius 1 is 1.11 bits per heavy atom. The summed E-state index contributed by atoms with van der Waals surface area (Å²) >= 11 is 6.80. The van der Waals surface area contributed by atoms with Crippen molar-refractivity contribution in [2.45, 2.75) is 6.18 Å². The van der Waals surface area contributed by atoms with Gasteiger partial charge < -0.3 is 10.4 Å². The molecule has 0 saturated carbocycles. The number of amides is 1. The van der Waals surface area contributed by atoms with E-state index >= 15 is 0 Å². The van der Waals surface area contributed by atoms with Gasteiger partial charge in [0.15, 0.2) is 0 Å². The van der Waals surface area contributed by atoms with Crippen LogP contribution in [0.4, 0.5) is 18.2 Å². The second-order valence-electron chi connectivity index (χ2n) is 5.41. The topological polar surface area (TPSA) is 92.2 Å². The second kappa shape index (κ2) is 7.56. The van der Waals surface area contributed by atoms with E-state index in [1.165, 1.54) is 0 Å². The fourth-order valence-corrected chi connectivity index (χ4v) is 3.35. The fourth-order valence-electron chi connectivity index (χ4n) is 2.27. The number of nitrogens with one attached hydrogen (secondary N) is 1. The normalized spacial score (nSPS) is 11.3. The number of halogens is 4. The molecule has 3 aromatic rings. The number of anilines is 1. The van der Waals surface area contributed by atoms with E-state index in [-0.39, 0.29) is 16.1 Å². The van der Waals surface area contributed by atoms with Crippen LogP contribution in [-0.4, -0.2) is 27.0 Å². The molecule has 2 N–H and O–H groups in total. The Labute approximate surface area is 164 Å². The lowest BCUT2D eigenvalue weighted by Gasteiger charge is -2.07. The van der Waals surface area contributed by atoms with E-state index in [9.17, 15) is 27.9 Å². The fraction of sp³-hybridized carbons (Fsp3) is 0.0588. The van der Waals surface area contributed by atoms with Gasteiger partial charge in [-0.25, -0.2) is 14.8 Å². The van der Waals surface area contributed by atoms with Gasteiger partial charge >= 0.3 is 12.1 Å². The van der Waals surface area contributed by atoms with Crippen molar-refractivity contribution in [3.63, 3.8) is 0 Å². The number of carbonyl (C=O) groups is 2. The summed E-state index contributed by atoms with van der Waals surface area (Å²) in [7, 11) is 0. The minimum Gasteiger partial charge on any atom is -0.478 e. The molecule has 0 saturated heterocycles. The quantitative estimate of drug-likeness (QED) is 0.622. The molecule has 11 heteroatoms. The smallest absolute Gasteiger partial charge is 0.451 e. The van der Waals surface area contributed by atoms with Crippen LogP contribution in [0.1, 0.15) is 26.5 Å². The highest BCUT2D eigenvalue weighted by molar-refractivity contribution is 7.15. The van der Waals surface area contributed by atoms with Crippen molar-refractivity contribution in [2.75, 3.05) is 5.32 Å². The van der Waals surface area contributed by atoms with E-state index < -0.39 is 23.9 Å². The summed E-state index contributed by atoms with van der Waals surface area (Å²) in [6.07, 6.45) is -3.29. The molecule has 144 valence electrons. The minimum atomic E-state index is -4.73. The van der Waals surface area contributed by atoms with Gasteiger partial charge in [-0.3, -0.25) is 4.79 Å². The van der Waals surface area contributed by atoms with Gasteiger partial charge in [0.25, 0.3) is 5.91 Å². The summed E-state index contributed by atoms with van der Waals surface area (Å²) in [5.74, 6) is -3.48. The molecule has 1 amide bonds. The predicted molar refractivity (Wildman–Crippen MR) is 96.7 cm³/mol. The van der Waals surface area contributed by atoms with Gasteiger partial charge in [0.2, 0.25) is 5.82 Å². The van der Waals surface area contributed by atoms with Gasteiger partial charge in [0.1, 0.15) is 10.6 Å². The zero-order chi connectivity index (χ0) is 20.5. The van der Waals surface area contributed by atoms with Crippen LogP contribution in [0.5, 0.6) is 0 Å². The lowest BCUT2D eigenvalue weighted by atomic mass is 10.0. The Kier molecular flexibility index (Phi) is 5.34. The summed E-state index contributed by atoms with van der Waals surface area (Å²) in [4.78, 5) is 30.2. The Morgan fingerprint density at radius 3 is 2.25 bits per heavy atom. The largest absolute Gasteiger partial charge is 0.478 e. The van der Waals surface area contributed by atoms with Crippen LogP contribution in [0, 0.1) is 0 Å². The van der Waals surface area contributed by atoms with Crippen LogP contribution in [0.25, 0.3) is 11.1 Å². The summed E-state index contributed by atoms with van der Waals surface area (Å²) in [6.45, 7) is 0. The molecule has 1 aromatic carbocycles. The van der Waals surface area contributed by atoms with Crippen molar-refractivity contribution in [1.29, 1.82) is 0 Å². The third-order valence-electron chi connectivity index (χ3n) is 3.55. The van der Waals surface area contributed by atoms with Gasteiger partial charge in [-0.2, -0.15) is 13.2 Å². The molecule has 0 aliphatic rings. The zero-order valence-corrected chi connectivity index (χ0v) is 15.2. The molecular weight excluding hydrogens is 419 g/mol. The van der Waals surface area contributed by atoms with Crippen LogP contribution in [-0.2, 0) is 6.18 Å². The van der Waals surface area contributed by atoms with Crippen LogP contribution in [0.3, 0.4) is 0 Å². The Bertz CT molecular complexity index is 1030. The van der Waals surface area contributed by atoms with Crippen molar-refractivity contribution in [3.05, 3.63) is 64.0 Å². The molecule has 0 aliphatic carbocycles. The van der Waals surface area contributed by atoms with Crippen molar-refractivity contribution in [3.8, 4) is 11.1 Å². The number of carboxylic acids is 1. The van der Waals surface area contributed by atoms with Gasteiger partial charge in [0.05, 0.1) is 5.56 Å². The number of benzene rings is 1. The maximum absolute atomic E-state index is 12.5. The van der Waals surface area contributed by atoms with Crippen LogP contribution in [0.15, 0.2) is 42.0 Å². The monoisotopic (exact) mass is 427 g/mol. The van der Waals surface area contributed by atoms with Gasteiger partial charge in [-0.05, 0) is 17.7 Å². The van der Waals surface area contributed by atoms with Crippen LogP contribution >= 0.6 is 22.9 Å². The summed E-state index contributed by atoms with van der Waals surface area (Å²) in [5, 5.41) is 14.0. The number of nitrogens with zero attached hydrogens (tertiary/aromatic N) is 2. The lowest BCUT2D eigenvalue weighted by Crippen LogP contribution is -2.16. The molecule has 3 rings (SSSR count). The molecule has 0 unspecified atom stereocenters. The molecule has 2 heterocycles. The maximum atomic E-state index is 12.5. The van der Waals surface area contributed by atoms with E-state index in [1.54, 1.807) is 29.6 Å². The standard InChI is InChI=1S/C17H9ClF3N3O3S/c18-10-3-1-8(2-4-10)11-7-28-14(12(11)15(26)27)24-13(25)9-5-22-16(23-6-9)17(19,20)21/h1-7H,(H,24,25)(H,26,27). The minimum absolute atomic E-state index is 0.0300.